The molecule has 1 heterocycles. The summed E-state index contributed by atoms with van der Waals surface area (Å²) in [5.41, 5.74) is 7.05. The molecular formula is C12H18N4OS. The first kappa shape index (κ1) is 14.4. The smallest absolute Gasteiger partial charge is 0.224 e. The van der Waals surface area contributed by atoms with Gasteiger partial charge in [0.15, 0.2) is 0 Å². The zero-order valence-corrected chi connectivity index (χ0v) is 11.6. The highest BCUT2D eigenvalue weighted by molar-refractivity contribution is 7.80. The number of carbonyl (C=O) groups excluding carboxylic acids is 1. The first-order valence-corrected chi connectivity index (χ1v) is 6.05. The highest BCUT2D eigenvalue weighted by Gasteiger charge is 2.16. The first-order valence-electron chi connectivity index (χ1n) is 5.65. The predicted octanol–water partition coefficient (Wildman–Crippen LogP) is 0.534. The van der Waals surface area contributed by atoms with Crippen LogP contribution in [-0.2, 0) is 4.79 Å². The van der Waals surface area contributed by atoms with Gasteiger partial charge >= 0.3 is 0 Å². The van der Waals surface area contributed by atoms with Crippen molar-refractivity contribution in [2.75, 3.05) is 25.5 Å². The Morgan fingerprint density at radius 1 is 1.67 bits per heavy atom. The normalized spacial score (nSPS) is 11.7. The van der Waals surface area contributed by atoms with E-state index in [0.717, 1.165) is 5.69 Å². The van der Waals surface area contributed by atoms with Gasteiger partial charge in [0.05, 0.1) is 11.6 Å². The molecule has 0 fully saturated rings. The van der Waals surface area contributed by atoms with Gasteiger partial charge in [-0.2, -0.15) is 0 Å². The van der Waals surface area contributed by atoms with Crippen molar-refractivity contribution in [3.63, 3.8) is 0 Å². The van der Waals surface area contributed by atoms with Crippen LogP contribution in [0.25, 0.3) is 0 Å². The van der Waals surface area contributed by atoms with Crippen molar-refractivity contribution in [3.05, 3.63) is 24.0 Å². The highest BCUT2D eigenvalue weighted by atomic mass is 32.1. The molecule has 18 heavy (non-hydrogen) atoms. The summed E-state index contributed by atoms with van der Waals surface area (Å²) >= 11 is 4.97. The van der Waals surface area contributed by atoms with E-state index in [1.54, 1.807) is 13.2 Å². The number of nitrogens with two attached hydrogens (primary N) is 1. The lowest BCUT2D eigenvalue weighted by Gasteiger charge is -2.24. The minimum absolute atomic E-state index is 0.00242. The number of pyridine rings is 1. The van der Waals surface area contributed by atoms with Gasteiger partial charge in [-0.25, -0.2) is 0 Å². The molecule has 0 bridgehead atoms. The lowest BCUT2D eigenvalue weighted by Crippen LogP contribution is -2.35. The lowest BCUT2D eigenvalue weighted by molar-refractivity contribution is -0.123. The largest absolute Gasteiger partial charge is 0.388 e. The van der Waals surface area contributed by atoms with Crippen LogP contribution in [0, 0.1) is 5.92 Å². The molecule has 3 N–H and O–H groups in total. The molecule has 1 atom stereocenters. The molecule has 1 unspecified atom stereocenters. The predicted molar refractivity (Wildman–Crippen MR) is 76.6 cm³/mol. The molecule has 5 nitrogen and oxygen atoms in total. The number of hydrogen-bond donors (Lipinski definition) is 2. The Balaban J connectivity index is 2.87. The van der Waals surface area contributed by atoms with Crippen molar-refractivity contribution in [1.29, 1.82) is 0 Å². The van der Waals surface area contributed by atoms with Gasteiger partial charge in [-0.3, -0.25) is 9.78 Å². The maximum atomic E-state index is 11.5. The minimum Gasteiger partial charge on any atom is -0.388 e. The summed E-state index contributed by atoms with van der Waals surface area (Å²) in [6.45, 7) is 2.44. The fourth-order valence-electron chi connectivity index (χ4n) is 1.73. The summed E-state index contributed by atoms with van der Waals surface area (Å²) < 4.78 is 0. The van der Waals surface area contributed by atoms with Crippen LogP contribution >= 0.6 is 12.2 Å². The molecule has 1 amide bonds. The van der Waals surface area contributed by atoms with Crippen molar-refractivity contribution in [2.24, 2.45) is 11.7 Å². The first-order chi connectivity index (χ1) is 8.47. The van der Waals surface area contributed by atoms with E-state index in [4.69, 9.17) is 18.0 Å². The second kappa shape index (κ2) is 6.30. The molecule has 6 heteroatoms. The van der Waals surface area contributed by atoms with E-state index in [-0.39, 0.29) is 16.8 Å². The Morgan fingerprint density at radius 2 is 2.33 bits per heavy atom. The molecular weight excluding hydrogens is 248 g/mol. The number of rotatable bonds is 5. The summed E-state index contributed by atoms with van der Waals surface area (Å²) in [6.07, 6.45) is 1.65. The van der Waals surface area contributed by atoms with Crippen LogP contribution in [0.1, 0.15) is 12.6 Å². The zero-order chi connectivity index (χ0) is 13.7. The minimum atomic E-state index is -0.126. The van der Waals surface area contributed by atoms with E-state index in [2.05, 4.69) is 10.3 Å². The Morgan fingerprint density at radius 3 is 2.89 bits per heavy atom. The van der Waals surface area contributed by atoms with Gasteiger partial charge in [0, 0.05) is 26.8 Å². The Kier molecular flexibility index (Phi) is 5.03. The fraction of sp³-hybridized carbons (Fsp3) is 0.417. The quantitative estimate of drug-likeness (QED) is 0.761. The van der Waals surface area contributed by atoms with Gasteiger partial charge in [0.1, 0.15) is 10.7 Å². The lowest BCUT2D eigenvalue weighted by atomic mass is 10.1. The highest BCUT2D eigenvalue weighted by Crippen LogP contribution is 2.17. The van der Waals surface area contributed by atoms with Crippen molar-refractivity contribution in [3.8, 4) is 0 Å². The second-order valence-electron chi connectivity index (χ2n) is 4.13. The van der Waals surface area contributed by atoms with Crippen LogP contribution in [0.15, 0.2) is 18.3 Å². The summed E-state index contributed by atoms with van der Waals surface area (Å²) in [6, 6.07) is 3.70. The number of amides is 1. The Bertz CT molecular complexity index is 449. The van der Waals surface area contributed by atoms with Gasteiger partial charge < -0.3 is 16.0 Å². The van der Waals surface area contributed by atoms with E-state index < -0.39 is 0 Å². The average molecular weight is 266 g/mol. The SMILES string of the molecule is CNC(=O)C(C)CN(C)c1cccnc1C(N)=S. The van der Waals surface area contributed by atoms with Crippen molar-refractivity contribution in [1.82, 2.24) is 10.3 Å². The van der Waals surface area contributed by atoms with Crippen LogP contribution in [0.5, 0.6) is 0 Å². The van der Waals surface area contributed by atoms with Gasteiger partial charge in [-0.15, -0.1) is 0 Å². The molecule has 1 rings (SSSR count). The molecule has 1 aromatic heterocycles. The summed E-state index contributed by atoms with van der Waals surface area (Å²) in [5, 5.41) is 2.63. The van der Waals surface area contributed by atoms with Gasteiger partial charge in [-0.05, 0) is 12.1 Å². The molecule has 0 aliphatic rings. The Labute approximate surface area is 112 Å². The Hall–Kier alpha value is -1.69. The maximum absolute atomic E-state index is 11.5. The third-order valence-corrected chi connectivity index (χ3v) is 2.87. The topological polar surface area (TPSA) is 71.2 Å². The fourth-order valence-corrected chi connectivity index (χ4v) is 1.89. The number of nitrogens with one attached hydrogen (secondary N) is 1. The van der Waals surface area contributed by atoms with Gasteiger partial charge in [0.25, 0.3) is 0 Å². The van der Waals surface area contributed by atoms with Gasteiger partial charge in [-0.1, -0.05) is 19.1 Å². The summed E-state index contributed by atoms with van der Waals surface area (Å²) in [5.74, 6) is -0.123. The maximum Gasteiger partial charge on any atom is 0.224 e. The molecule has 0 aliphatic heterocycles. The van der Waals surface area contributed by atoms with Crippen LogP contribution in [0.3, 0.4) is 0 Å². The number of aromatic nitrogens is 1. The van der Waals surface area contributed by atoms with Crippen molar-refractivity contribution in [2.45, 2.75) is 6.92 Å². The molecule has 0 aromatic carbocycles. The molecule has 0 radical (unpaired) electrons. The van der Waals surface area contributed by atoms with Crippen LogP contribution in [0.4, 0.5) is 5.69 Å². The summed E-state index contributed by atoms with van der Waals surface area (Å²) in [4.78, 5) is 17.8. The number of hydrogen-bond acceptors (Lipinski definition) is 4. The standard InChI is InChI=1S/C12H18N4OS/c1-8(12(17)14-2)7-16(3)9-5-4-6-15-10(9)11(13)18/h4-6,8H,7H2,1-3H3,(H2,13,18)(H,14,17). The molecule has 0 saturated heterocycles. The number of carbonyl (C=O) groups is 1. The van der Waals surface area contributed by atoms with Gasteiger partial charge in [0.2, 0.25) is 5.91 Å². The van der Waals surface area contributed by atoms with E-state index in [1.807, 2.05) is 31.0 Å². The third-order valence-electron chi connectivity index (χ3n) is 2.67. The molecule has 0 aliphatic carbocycles. The zero-order valence-electron chi connectivity index (χ0n) is 10.8. The van der Waals surface area contributed by atoms with Crippen molar-refractivity contribution < 1.29 is 4.79 Å². The molecule has 98 valence electrons. The van der Waals surface area contributed by atoms with E-state index in [1.165, 1.54) is 0 Å². The number of anilines is 1. The monoisotopic (exact) mass is 266 g/mol. The number of nitrogens with zero attached hydrogens (tertiary/aromatic N) is 2. The van der Waals surface area contributed by atoms with Crippen LogP contribution in [0.2, 0.25) is 0 Å². The van der Waals surface area contributed by atoms with Crippen LogP contribution < -0.4 is 16.0 Å². The molecule has 0 saturated carbocycles. The van der Waals surface area contributed by atoms with E-state index in [9.17, 15) is 4.79 Å². The van der Waals surface area contributed by atoms with E-state index in [0.29, 0.717) is 12.2 Å². The average Bonchev–Trinajstić information content (AvgIpc) is 2.37. The number of thiocarbonyl (C=S) groups is 1. The van der Waals surface area contributed by atoms with E-state index >= 15 is 0 Å². The third kappa shape index (κ3) is 3.40. The second-order valence-corrected chi connectivity index (χ2v) is 4.57. The summed E-state index contributed by atoms with van der Waals surface area (Å²) in [7, 11) is 3.52. The van der Waals surface area contributed by atoms with Crippen LogP contribution in [-0.4, -0.2) is 36.5 Å². The molecule has 1 aromatic rings. The molecule has 0 spiro atoms. The van der Waals surface area contributed by atoms with Crippen molar-refractivity contribution >= 4 is 28.8 Å².